The van der Waals surface area contributed by atoms with Gasteiger partial charge in [0.2, 0.25) is 0 Å². The molecular formula is C53H34N2S2. The maximum Gasteiger partial charge on any atom is 0.124 e. The molecule has 0 radical (unpaired) electrons. The molecule has 0 amide bonds. The fourth-order valence-electron chi connectivity index (χ4n) is 7.99. The molecule has 0 saturated heterocycles. The molecule has 0 aliphatic carbocycles. The predicted molar refractivity (Wildman–Crippen MR) is 246 cm³/mol. The van der Waals surface area contributed by atoms with Crippen molar-refractivity contribution in [2.75, 3.05) is 4.90 Å². The minimum atomic E-state index is 1.06. The summed E-state index contributed by atoms with van der Waals surface area (Å²) >= 11 is 3.65. The highest BCUT2D eigenvalue weighted by Gasteiger charge is 2.17. The van der Waals surface area contributed by atoms with Crippen LogP contribution in [0.1, 0.15) is 0 Å². The quantitative estimate of drug-likeness (QED) is 0.161. The van der Waals surface area contributed by atoms with Crippen LogP contribution >= 0.6 is 22.7 Å². The number of fused-ring (bicyclic) bond motifs is 6. The van der Waals surface area contributed by atoms with Crippen molar-refractivity contribution in [1.29, 1.82) is 0 Å². The topological polar surface area (TPSA) is 16.1 Å². The number of aromatic nitrogens is 1. The number of nitrogens with zero attached hydrogens (tertiary/aromatic N) is 2. The lowest BCUT2D eigenvalue weighted by molar-refractivity contribution is 1.28. The Bertz CT molecular complexity index is 3200. The highest BCUT2D eigenvalue weighted by molar-refractivity contribution is 7.28. The second-order valence-electron chi connectivity index (χ2n) is 14.4. The van der Waals surface area contributed by atoms with Gasteiger partial charge >= 0.3 is 0 Å². The molecule has 0 unspecified atom stereocenters. The van der Waals surface area contributed by atoms with E-state index in [2.05, 4.69) is 211 Å². The molecule has 0 fully saturated rings. The molecule has 57 heavy (non-hydrogen) atoms. The highest BCUT2D eigenvalue weighted by atomic mass is 32.1. The van der Waals surface area contributed by atoms with Gasteiger partial charge in [-0.15, -0.1) is 22.7 Å². The zero-order valence-electron chi connectivity index (χ0n) is 30.8. The number of rotatable bonds is 7. The minimum Gasteiger partial charge on any atom is -0.311 e. The van der Waals surface area contributed by atoms with Crippen LogP contribution in [-0.2, 0) is 0 Å². The lowest BCUT2D eigenvalue weighted by Gasteiger charge is -2.26. The van der Waals surface area contributed by atoms with Gasteiger partial charge in [0.25, 0.3) is 0 Å². The van der Waals surface area contributed by atoms with Crippen LogP contribution in [0.3, 0.4) is 0 Å². The molecular weight excluding hydrogens is 729 g/mol. The average molecular weight is 763 g/mol. The highest BCUT2D eigenvalue weighted by Crippen LogP contribution is 2.44. The molecule has 0 aliphatic heterocycles. The van der Waals surface area contributed by atoms with Gasteiger partial charge in [0.15, 0.2) is 0 Å². The Morgan fingerprint density at radius 3 is 1.49 bits per heavy atom. The molecule has 2 aromatic heterocycles. The van der Waals surface area contributed by atoms with Crippen molar-refractivity contribution in [1.82, 2.24) is 4.98 Å². The Morgan fingerprint density at radius 2 is 0.842 bits per heavy atom. The summed E-state index contributed by atoms with van der Waals surface area (Å²) in [5.74, 6) is 0. The number of anilines is 3. The molecule has 0 atom stereocenters. The van der Waals surface area contributed by atoms with Crippen LogP contribution in [0.15, 0.2) is 206 Å². The molecule has 9 aromatic carbocycles. The molecule has 2 heterocycles. The second kappa shape index (κ2) is 14.0. The average Bonchev–Trinajstić information content (AvgIpc) is 3.89. The Labute approximate surface area is 339 Å². The van der Waals surface area contributed by atoms with E-state index < -0.39 is 0 Å². The molecule has 2 nitrogen and oxygen atoms in total. The molecule has 268 valence electrons. The fourth-order valence-corrected chi connectivity index (χ4v) is 10.3. The maximum atomic E-state index is 5.05. The largest absolute Gasteiger partial charge is 0.311 e. The molecule has 0 aliphatic rings. The number of hydrogen-bond donors (Lipinski definition) is 0. The number of thiophene rings is 1. The third-order valence-electron chi connectivity index (χ3n) is 10.9. The lowest BCUT2D eigenvalue weighted by Crippen LogP contribution is -2.09. The molecule has 0 N–H and O–H groups in total. The van der Waals surface area contributed by atoms with Crippen LogP contribution in [-0.4, -0.2) is 4.98 Å². The summed E-state index contributed by atoms with van der Waals surface area (Å²) in [6.45, 7) is 0. The summed E-state index contributed by atoms with van der Waals surface area (Å²) in [5, 5.41) is 6.16. The van der Waals surface area contributed by atoms with Gasteiger partial charge in [-0.2, -0.15) is 0 Å². The van der Waals surface area contributed by atoms with Gasteiger partial charge in [0.1, 0.15) is 5.01 Å². The van der Waals surface area contributed by atoms with Crippen LogP contribution in [0.2, 0.25) is 0 Å². The van der Waals surface area contributed by atoms with Crippen molar-refractivity contribution >= 4 is 80.9 Å². The van der Waals surface area contributed by atoms with Crippen LogP contribution in [0, 0.1) is 0 Å². The van der Waals surface area contributed by atoms with Gasteiger partial charge in [0, 0.05) is 42.8 Å². The first-order chi connectivity index (χ1) is 28.2. The van der Waals surface area contributed by atoms with E-state index in [0.29, 0.717) is 0 Å². The van der Waals surface area contributed by atoms with E-state index in [1.165, 1.54) is 69.0 Å². The van der Waals surface area contributed by atoms with Gasteiger partial charge in [-0.1, -0.05) is 140 Å². The normalized spacial score (nSPS) is 11.5. The summed E-state index contributed by atoms with van der Waals surface area (Å²) < 4.78 is 3.85. The number of hydrogen-bond acceptors (Lipinski definition) is 4. The van der Waals surface area contributed by atoms with E-state index in [1.54, 1.807) is 11.3 Å². The van der Waals surface area contributed by atoms with E-state index in [0.717, 1.165) is 33.1 Å². The fraction of sp³-hybridized carbons (Fsp3) is 0. The smallest absolute Gasteiger partial charge is 0.124 e. The monoisotopic (exact) mass is 762 g/mol. The molecule has 4 heteroatoms. The Balaban J connectivity index is 0.966. The molecule has 11 rings (SSSR count). The van der Waals surface area contributed by atoms with E-state index in [9.17, 15) is 0 Å². The number of thiazole rings is 1. The molecule has 0 spiro atoms. The minimum absolute atomic E-state index is 1.06. The lowest BCUT2D eigenvalue weighted by atomic mass is 10.0. The predicted octanol–water partition coefficient (Wildman–Crippen LogP) is 16.0. The third-order valence-corrected chi connectivity index (χ3v) is 13.2. The first kappa shape index (κ1) is 33.5. The van der Waals surface area contributed by atoms with Gasteiger partial charge in [-0.25, -0.2) is 4.98 Å². The second-order valence-corrected chi connectivity index (χ2v) is 16.5. The SMILES string of the molecule is c1ccc(-c2ccc(N(c3ccc(-c4ccc5ccccc5c4)cc3)c3ccc(-c4ccc5sc6ccc7nc(-c8ccccc8)sc7c6c5c4)cc3)cc2)cc1. The van der Waals surface area contributed by atoms with Gasteiger partial charge in [-0.05, 0) is 111 Å². The van der Waals surface area contributed by atoms with Gasteiger partial charge < -0.3 is 4.90 Å². The summed E-state index contributed by atoms with van der Waals surface area (Å²) in [4.78, 5) is 7.40. The zero-order valence-corrected chi connectivity index (χ0v) is 32.5. The zero-order chi connectivity index (χ0) is 37.7. The van der Waals surface area contributed by atoms with E-state index >= 15 is 0 Å². The van der Waals surface area contributed by atoms with Crippen molar-refractivity contribution in [2.45, 2.75) is 0 Å². The van der Waals surface area contributed by atoms with Crippen molar-refractivity contribution in [2.24, 2.45) is 0 Å². The maximum absolute atomic E-state index is 5.05. The number of benzene rings is 9. The van der Waals surface area contributed by atoms with Crippen LogP contribution in [0.4, 0.5) is 17.1 Å². The Hall–Kier alpha value is -6.85. The van der Waals surface area contributed by atoms with Crippen molar-refractivity contribution in [3.63, 3.8) is 0 Å². The van der Waals surface area contributed by atoms with Crippen LogP contribution < -0.4 is 4.90 Å². The van der Waals surface area contributed by atoms with E-state index in [-0.39, 0.29) is 0 Å². The third kappa shape index (κ3) is 6.16. The molecule has 0 saturated carbocycles. The Kier molecular flexibility index (Phi) is 8.24. The summed E-state index contributed by atoms with van der Waals surface area (Å²) in [7, 11) is 0. The van der Waals surface area contributed by atoms with Crippen molar-refractivity contribution in [3.8, 4) is 44.0 Å². The van der Waals surface area contributed by atoms with E-state index in [4.69, 9.17) is 4.98 Å². The first-order valence-electron chi connectivity index (χ1n) is 19.2. The van der Waals surface area contributed by atoms with Gasteiger partial charge in [0.05, 0.1) is 10.2 Å². The Morgan fingerprint density at radius 1 is 0.351 bits per heavy atom. The van der Waals surface area contributed by atoms with Crippen LogP contribution in [0.5, 0.6) is 0 Å². The summed E-state index contributed by atoms with van der Waals surface area (Å²) in [5.41, 5.74) is 12.7. The first-order valence-corrected chi connectivity index (χ1v) is 20.8. The van der Waals surface area contributed by atoms with Gasteiger partial charge in [-0.3, -0.25) is 0 Å². The molecule has 11 aromatic rings. The molecule has 0 bridgehead atoms. The van der Waals surface area contributed by atoms with Crippen LogP contribution in [0.25, 0.3) is 85.1 Å². The standard InChI is InChI=1S/C53H34N2S2/c1-3-9-35(10-4-1)37-17-24-44(25-18-37)55(45-26-19-38(20-27-45)42-16-15-36-11-7-8-14-41(36)33-42)46-28-21-39(22-29-46)43-23-31-49-47(34-43)51-50(56-49)32-30-48-52(51)57-53(54-48)40-12-5-2-6-13-40/h1-34H. The van der Waals surface area contributed by atoms with E-state index in [1.807, 2.05) is 11.3 Å². The van der Waals surface area contributed by atoms with Crippen molar-refractivity contribution < 1.29 is 0 Å². The summed E-state index contributed by atoms with van der Waals surface area (Å²) in [6.07, 6.45) is 0. The van der Waals surface area contributed by atoms with Crippen molar-refractivity contribution in [3.05, 3.63) is 206 Å². The summed E-state index contributed by atoms with van der Waals surface area (Å²) in [6, 6.07) is 74.5.